The van der Waals surface area contributed by atoms with Crippen LogP contribution in [0.25, 0.3) is 11.1 Å². The standard InChI is InChI=1S/C21H21NO6/c1-21(27-10-11-28-21)18(19(23)24)22-20(25)26-12-17-15-8-4-2-6-13(15)14-7-3-5-9-16(14)17/h2-9,17-18H,10-12H2,1H3,(H,22,25)(H,23,24). The number of fused-ring (bicyclic) bond motifs is 3. The first-order chi connectivity index (χ1) is 13.5. The molecule has 1 heterocycles. The Hall–Kier alpha value is -2.90. The van der Waals surface area contributed by atoms with Gasteiger partial charge in [0.05, 0.1) is 13.2 Å². The van der Waals surface area contributed by atoms with Gasteiger partial charge in [-0.25, -0.2) is 9.59 Å². The van der Waals surface area contributed by atoms with Crippen LogP contribution in [0.2, 0.25) is 0 Å². The number of rotatable bonds is 5. The fraction of sp³-hybridized carbons (Fsp3) is 0.333. The normalized spacial score (nSPS) is 18.2. The minimum absolute atomic E-state index is 0.101. The van der Waals surface area contributed by atoms with Crippen LogP contribution in [0.4, 0.5) is 4.79 Å². The van der Waals surface area contributed by atoms with Crippen molar-refractivity contribution in [1.82, 2.24) is 5.32 Å². The first-order valence-electron chi connectivity index (χ1n) is 9.12. The quantitative estimate of drug-likeness (QED) is 0.825. The van der Waals surface area contributed by atoms with Crippen LogP contribution in [0.1, 0.15) is 24.0 Å². The molecular formula is C21H21NO6. The molecule has 2 N–H and O–H groups in total. The molecule has 1 atom stereocenters. The molecule has 1 amide bonds. The summed E-state index contributed by atoms with van der Waals surface area (Å²) in [5.74, 6) is -2.77. The Morgan fingerprint density at radius 1 is 1.11 bits per heavy atom. The lowest BCUT2D eigenvalue weighted by Crippen LogP contribution is -2.56. The molecule has 2 aliphatic rings. The highest BCUT2D eigenvalue weighted by Gasteiger charge is 2.46. The van der Waals surface area contributed by atoms with Crippen LogP contribution in [0.15, 0.2) is 48.5 Å². The molecule has 2 aromatic rings. The first-order valence-corrected chi connectivity index (χ1v) is 9.12. The number of nitrogens with one attached hydrogen (secondary N) is 1. The number of ether oxygens (including phenoxy) is 3. The molecule has 0 saturated carbocycles. The molecule has 4 rings (SSSR count). The van der Waals surface area contributed by atoms with E-state index in [1.54, 1.807) is 0 Å². The second-order valence-electron chi connectivity index (χ2n) is 6.95. The third-order valence-corrected chi connectivity index (χ3v) is 5.24. The summed E-state index contributed by atoms with van der Waals surface area (Å²) in [5.41, 5.74) is 4.41. The predicted molar refractivity (Wildman–Crippen MR) is 99.9 cm³/mol. The zero-order chi connectivity index (χ0) is 19.7. The maximum atomic E-state index is 12.3. The summed E-state index contributed by atoms with van der Waals surface area (Å²) in [6, 6.07) is 14.6. The van der Waals surface area contributed by atoms with Gasteiger partial charge in [-0.3, -0.25) is 0 Å². The maximum absolute atomic E-state index is 12.3. The lowest BCUT2D eigenvalue weighted by atomic mass is 9.98. The monoisotopic (exact) mass is 383 g/mol. The third-order valence-electron chi connectivity index (χ3n) is 5.24. The van der Waals surface area contributed by atoms with Gasteiger partial charge in [0.1, 0.15) is 6.61 Å². The molecule has 1 saturated heterocycles. The molecule has 0 spiro atoms. The molecule has 28 heavy (non-hydrogen) atoms. The van der Waals surface area contributed by atoms with Crippen molar-refractivity contribution in [2.45, 2.75) is 24.7 Å². The van der Waals surface area contributed by atoms with Crippen molar-refractivity contribution in [3.8, 4) is 11.1 Å². The number of alkyl carbamates (subject to hydrolysis) is 1. The largest absolute Gasteiger partial charge is 0.480 e. The van der Waals surface area contributed by atoms with Gasteiger partial charge in [-0.2, -0.15) is 0 Å². The Labute approximate surface area is 162 Å². The molecule has 1 aliphatic carbocycles. The Morgan fingerprint density at radius 3 is 2.18 bits per heavy atom. The molecule has 2 aromatic carbocycles. The summed E-state index contributed by atoms with van der Waals surface area (Å²) >= 11 is 0. The Bertz CT molecular complexity index is 860. The molecule has 0 radical (unpaired) electrons. The summed E-state index contributed by atoms with van der Waals surface area (Å²) in [6.45, 7) is 2.13. The number of amides is 1. The van der Waals surface area contributed by atoms with Gasteiger partial charge in [0, 0.05) is 5.92 Å². The second-order valence-corrected chi connectivity index (χ2v) is 6.95. The lowest BCUT2D eigenvalue weighted by molar-refractivity contribution is -0.182. The van der Waals surface area contributed by atoms with Crippen LogP contribution in [-0.4, -0.2) is 48.8 Å². The third kappa shape index (κ3) is 3.23. The SMILES string of the molecule is CC1(C(NC(=O)OCC2c3ccccc3-c3ccccc32)C(=O)O)OCCO1. The van der Waals surface area contributed by atoms with E-state index in [1.807, 2.05) is 48.5 Å². The van der Waals surface area contributed by atoms with Crippen LogP contribution in [-0.2, 0) is 19.0 Å². The number of benzene rings is 2. The molecule has 1 fully saturated rings. The van der Waals surface area contributed by atoms with E-state index < -0.39 is 23.9 Å². The second kappa shape index (κ2) is 7.26. The first kappa shape index (κ1) is 18.5. The van der Waals surface area contributed by atoms with E-state index in [9.17, 15) is 14.7 Å². The fourth-order valence-corrected chi connectivity index (χ4v) is 3.87. The minimum Gasteiger partial charge on any atom is -0.480 e. The van der Waals surface area contributed by atoms with Crippen LogP contribution >= 0.6 is 0 Å². The number of carbonyl (C=O) groups is 2. The number of aliphatic carboxylic acids is 1. The molecule has 7 heteroatoms. The van der Waals surface area contributed by atoms with Gasteiger partial charge in [0.25, 0.3) is 0 Å². The van der Waals surface area contributed by atoms with E-state index in [0.29, 0.717) is 0 Å². The van der Waals surface area contributed by atoms with Crippen molar-refractivity contribution < 1.29 is 28.9 Å². The van der Waals surface area contributed by atoms with Crippen LogP contribution < -0.4 is 5.32 Å². The van der Waals surface area contributed by atoms with Gasteiger partial charge in [-0.05, 0) is 29.2 Å². The topological polar surface area (TPSA) is 94.1 Å². The molecule has 0 aromatic heterocycles. The highest BCUT2D eigenvalue weighted by molar-refractivity contribution is 5.81. The Kier molecular flexibility index (Phi) is 4.78. The maximum Gasteiger partial charge on any atom is 0.408 e. The van der Waals surface area contributed by atoms with Crippen LogP contribution in [0, 0.1) is 0 Å². The number of carbonyl (C=O) groups excluding carboxylic acids is 1. The smallest absolute Gasteiger partial charge is 0.408 e. The van der Waals surface area contributed by atoms with Crippen LogP contribution in [0.5, 0.6) is 0 Å². The molecular weight excluding hydrogens is 362 g/mol. The van der Waals surface area contributed by atoms with Crippen molar-refractivity contribution in [2.75, 3.05) is 19.8 Å². The number of carboxylic acids is 1. The van der Waals surface area contributed by atoms with Gasteiger partial charge >= 0.3 is 12.1 Å². The highest BCUT2D eigenvalue weighted by atomic mass is 16.7. The highest BCUT2D eigenvalue weighted by Crippen LogP contribution is 2.44. The molecule has 1 aliphatic heterocycles. The van der Waals surface area contributed by atoms with Crippen molar-refractivity contribution in [1.29, 1.82) is 0 Å². The van der Waals surface area contributed by atoms with E-state index >= 15 is 0 Å². The Morgan fingerprint density at radius 2 is 1.64 bits per heavy atom. The van der Waals surface area contributed by atoms with E-state index in [4.69, 9.17) is 14.2 Å². The van der Waals surface area contributed by atoms with Gasteiger partial charge in [0.15, 0.2) is 11.8 Å². The Balaban J connectivity index is 1.47. The van der Waals surface area contributed by atoms with Crippen LogP contribution in [0.3, 0.4) is 0 Å². The zero-order valence-electron chi connectivity index (χ0n) is 15.4. The number of carboxylic acid groups (broad SMARTS) is 1. The summed E-state index contributed by atoms with van der Waals surface area (Å²) in [4.78, 5) is 23.9. The molecule has 1 unspecified atom stereocenters. The minimum atomic E-state index is -1.42. The van der Waals surface area contributed by atoms with Crippen molar-refractivity contribution in [2.24, 2.45) is 0 Å². The number of hydrogen-bond acceptors (Lipinski definition) is 5. The van der Waals surface area contributed by atoms with Crippen molar-refractivity contribution >= 4 is 12.1 Å². The van der Waals surface area contributed by atoms with Crippen molar-refractivity contribution in [3.63, 3.8) is 0 Å². The summed E-state index contributed by atoms with van der Waals surface area (Å²) in [5, 5.41) is 11.8. The summed E-state index contributed by atoms with van der Waals surface area (Å²) in [6.07, 6.45) is -0.824. The summed E-state index contributed by atoms with van der Waals surface area (Å²) < 4.78 is 16.1. The zero-order valence-corrected chi connectivity index (χ0v) is 15.4. The number of hydrogen-bond donors (Lipinski definition) is 2. The van der Waals surface area contributed by atoms with Gasteiger partial charge < -0.3 is 24.6 Å². The van der Waals surface area contributed by atoms with E-state index in [-0.39, 0.29) is 25.7 Å². The van der Waals surface area contributed by atoms with E-state index in [0.717, 1.165) is 22.3 Å². The fourth-order valence-electron chi connectivity index (χ4n) is 3.87. The summed E-state index contributed by atoms with van der Waals surface area (Å²) in [7, 11) is 0. The van der Waals surface area contributed by atoms with Crippen molar-refractivity contribution in [3.05, 3.63) is 59.7 Å². The average Bonchev–Trinajstić information content (AvgIpc) is 3.27. The van der Waals surface area contributed by atoms with Gasteiger partial charge in [-0.15, -0.1) is 0 Å². The average molecular weight is 383 g/mol. The lowest BCUT2D eigenvalue weighted by Gasteiger charge is -2.29. The molecule has 0 bridgehead atoms. The van der Waals surface area contributed by atoms with Gasteiger partial charge in [0.2, 0.25) is 0 Å². The molecule has 146 valence electrons. The predicted octanol–water partition coefficient (Wildman–Crippen LogP) is 2.74. The molecule has 7 nitrogen and oxygen atoms in total. The van der Waals surface area contributed by atoms with E-state index in [1.165, 1.54) is 6.92 Å². The van der Waals surface area contributed by atoms with Gasteiger partial charge in [-0.1, -0.05) is 48.5 Å². The van der Waals surface area contributed by atoms with E-state index in [2.05, 4.69) is 5.32 Å².